The van der Waals surface area contributed by atoms with Gasteiger partial charge in [0.15, 0.2) is 5.78 Å². The molecule has 0 fully saturated rings. The smallest absolute Gasteiger partial charge is 0.197 e. The average molecular weight is 394 g/mol. The van der Waals surface area contributed by atoms with E-state index < -0.39 is 0 Å². The molecule has 0 saturated heterocycles. The van der Waals surface area contributed by atoms with Gasteiger partial charge in [0.05, 0.1) is 15.3 Å². The Labute approximate surface area is 149 Å². The van der Waals surface area contributed by atoms with Crippen LogP contribution in [0.1, 0.15) is 35.9 Å². The summed E-state index contributed by atoms with van der Waals surface area (Å²) in [6, 6.07) is 11.4. The molecule has 0 aliphatic rings. The molecule has 1 aromatic heterocycles. The summed E-state index contributed by atoms with van der Waals surface area (Å²) in [5.74, 6) is 0.860. The zero-order valence-electron chi connectivity index (χ0n) is 13.0. The van der Waals surface area contributed by atoms with Gasteiger partial charge >= 0.3 is 0 Å². The van der Waals surface area contributed by atoms with E-state index >= 15 is 0 Å². The second kappa shape index (κ2) is 9.53. The molecule has 1 N–H and O–H groups in total. The molecule has 1 aromatic carbocycles. The lowest BCUT2D eigenvalue weighted by atomic mass is 10.2. The van der Waals surface area contributed by atoms with Crippen molar-refractivity contribution < 1.29 is 9.53 Å². The minimum atomic E-state index is -0.0101. The van der Waals surface area contributed by atoms with Gasteiger partial charge in [-0.2, -0.15) is 0 Å². The number of rotatable bonds is 9. The van der Waals surface area contributed by atoms with Gasteiger partial charge in [-0.25, -0.2) is 0 Å². The van der Waals surface area contributed by atoms with Gasteiger partial charge in [0.2, 0.25) is 0 Å². The number of carbonyl (C=O) groups is 1. The first-order chi connectivity index (χ1) is 11.2. The van der Waals surface area contributed by atoms with Crippen molar-refractivity contribution in [3.05, 3.63) is 57.3 Å². The van der Waals surface area contributed by atoms with Crippen LogP contribution in [0.3, 0.4) is 0 Å². The lowest BCUT2D eigenvalue weighted by Crippen LogP contribution is -1.97. The molecule has 3 nitrogen and oxygen atoms in total. The van der Waals surface area contributed by atoms with Crippen LogP contribution in [-0.4, -0.2) is 12.4 Å². The summed E-state index contributed by atoms with van der Waals surface area (Å²) in [5, 5.41) is 3.09. The van der Waals surface area contributed by atoms with Crippen molar-refractivity contribution in [2.24, 2.45) is 0 Å². The van der Waals surface area contributed by atoms with Crippen LogP contribution in [0.4, 0.5) is 5.69 Å². The van der Waals surface area contributed by atoms with Crippen LogP contribution in [0, 0.1) is 0 Å². The largest absolute Gasteiger partial charge is 0.494 e. The van der Waals surface area contributed by atoms with E-state index in [-0.39, 0.29) is 5.78 Å². The molecule has 0 atom stereocenters. The number of allylic oxidation sites excluding steroid dienone is 1. The molecular formula is C18H20BrNO2S. The number of thiophene rings is 1. The maximum absolute atomic E-state index is 11.9. The van der Waals surface area contributed by atoms with Crippen LogP contribution in [0.5, 0.6) is 5.75 Å². The topological polar surface area (TPSA) is 38.3 Å². The van der Waals surface area contributed by atoms with E-state index in [1.54, 1.807) is 6.20 Å². The summed E-state index contributed by atoms with van der Waals surface area (Å²) in [6.07, 6.45) is 6.67. The van der Waals surface area contributed by atoms with Crippen molar-refractivity contribution in [2.75, 3.05) is 11.9 Å². The molecule has 2 rings (SSSR count). The van der Waals surface area contributed by atoms with Gasteiger partial charge in [-0.1, -0.05) is 19.8 Å². The number of nitrogens with one attached hydrogen (secondary N) is 1. The van der Waals surface area contributed by atoms with Crippen molar-refractivity contribution in [1.82, 2.24) is 0 Å². The summed E-state index contributed by atoms with van der Waals surface area (Å²) in [6.45, 7) is 2.93. The van der Waals surface area contributed by atoms with Crippen molar-refractivity contribution in [2.45, 2.75) is 26.2 Å². The molecule has 0 bridgehead atoms. The molecule has 23 heavy (non-hydrogen) atoms. The second-order valence-corrected chi connectivity index (χ2v) is 7.49. The van der Waals surface area contributed by atoms with Crippen LogP contribution >= 0.6 is 27.3 Å². The predicted molar refractivity (Wildman–Crippen MR) is 101 cm³/mol. The van der Waals surface area contributed by atoms with Gasteiger partial charge in [0, 0.05) is 18.0 Å². The summed E-state index contributed by atoms with van der Waals surface area (Å²) < 4.78 is 6.62. The fraction of sp³-hybridized carbons (Fsp3) is 0.278. The van der Waals surface area contributed by atoms with Crippen LogP contribution in [0.25, 0.3) is 0 Å². The molecule has 2 aromatic rings. The number of ketones is 1. The summed E-state index contributed by atoms with van der Waals surface area (Å²) in [7, 11) is 0. The van der Waals surface area contributed by atoms with Crippen LogP contribution in [0.15, 0.2) is 52.5 Å². The number of benzene rings is 1. The fourth-order valence-corrected chi connectivity index (χ4v) is 3.24. The van der Waals surface area contributed by atoms with Gasteiger partial charge in [0.25, 0.3) is 0 Å². The summed E-state index contributed by atoms with van der Waals surface area (Å²) >= 11 is 4.78. The highest BCUT2D eigenvalue weighted by atomic mass is 79.9. The molecule has 0 radical (unpaired) electrons. The standard InChI is InChI=1S/C18H20BrNO2S/c1-2-3-4-13-22-15-7-5-14(6-8-15)20-12-11-16(21)17-9-10-18(19)23-17/h5-12,20H,2-4,13H2,1H3/b12-11-. The molecule has 0 unspecified atom stereocenters. The number of unbranched alkanes of at least 4 members (excludes halogenated alkanes) is 2. The number of hydrogen-bond donors (Lipinski definition) is 1. The van der Waals surface area contributed by atoms with E-state index in [9.17, 15) is 4.79 Å². The van der Waals surface area contributed by atoms with Crippen LogP contribution in [0.2, 0.25) is 0 Å². The highest BCUT2D eigenvalue weighted by molar-refractivity contribution is 9.11. The highest BCUT2D eigenvalue weighted by Gasteiger charge is 2.04. The van der Waals surface area contributed by atoms with Gasteiger partial charge in [-0.05, 0) is 58.7 Å². The van der Waals surface area contributed by atoms with Crippen molar-refractivity contribution in [1.29, 1.82) is 0 Å². The number of anilines is 1. The Bertz CT molecular complexity index is 649. The third kappa shape index (κ3) is 6.20. The summed E-state index contributed by atoms with van der Waals surface area (Å²) in [5.41, 5.74) is 0.919. The van der Waals surface area contributed by atoms with Crippen LogP contribution < -0.4 is 10.1 Å². The molecule has 5 heteroatoms. The normalized spacial score (nSPS) is 10.9. The summed E-state index contributed by atoms with van der Waals surface area (Å²) in [4.78, 5) is 12.6. The first-order valence-electron chi connectivity index (χ1n) is 7.64. The number of hydrogen-bond acceptors (Lipinski definition) is 4. The average Bonchev–Trinajstić information content (AvgIpc) is 2.99. The third-order valence-corrected chi connectivity index (χ3v) is 4.81. The van der Waals surface area contributed by atoms with Crippen LogP contribution in [-0.2, 0) is 0 Å². The van der Waals surface area contributed by atoms with Gasteiger partial charge < -0.3 is 10.1 Å². The Kier molecular flexibility index (Phi) is 7.36. The van der Waals surface area contributed by atoms with E-state index in [0.29, 0.717) is 4.88 Å². The molecule has 0 spiro atoms. The molecule has 0 aliphatic heterocycles. The molecule has 0 saturated carbocycles. The first-order valence-corrected chi connectivity index (χ1v) is 9.25. The Morgan fingerprint density at radius 1 is 1.22 bits per heavy atom. The number of ether oxygens (including phenoxy) is 1. The van der Waals surface area contributed by atoms with Crippen molar-refractivity contribution in [3.8, 4) is 5.75 Å². The first kappa shape index (κ1) is 17.8. The van der Waals surface area contributed by atoms with E-state index in [0.717, 1.165) is 28.3 Å². The highest BCUT2D eigenvalue weighted by Crippen LogP contribution is 2.22. The zero-order chi connectivity index (χ0) is 16.5. The number of halogens is 1. The van der Waals surface area contributed by atoms with E-state index in [1.807, 2.05) is 36.4 Å². The Balaban J connectivity index is 1.79. The monoisotopic (exact) mass is 393 g/mol. The predicted octanol–water partition coefficient (Wildman–Crippen LogP) is 5.89. The van der Waals surface area contributed by atoms with Crippen molar-refractivity contribution in [3.63, 3.8) is 0 Å². The van der Waals surface area contributed by atoms with Gasteiger partial charge in [-0.15, -0.1) is 11.3 Å². The SMILES string of the molecule is CCCCCOc1ccc(N/C=C\C(=O)c2ccc(Br)s2)cc1. The number of carbonyl (C=O) groups excluding carboxylic acids is 1. The second-order valence-electron chi connectivity index (χ2n) is 5.03. The molecule has 1 heterocycles. The van der Waals surface area contributed by atoms with E-state index in [4.69, 9.17) is 4.74 Å². The lowest BCUT2D eigenvalue weighted by molar-refractivity contribution is 0.105. The van der Waals surface area contributed by atoms with E-state index in [2.05, 4.69) is 28.2 Å². The van der Waals surface area contributed by atoms with Crippen molar-refractivity contribution >= 4 is 38.7 Å². The Morgan fingerprint density at radius 3 is 2.65 bits per heavy atom. The zero-order valence-corrected chi connectivity index (χ0v) is 15.5. The molecule has 0 amide bonds. The molecule has 122 valence electrons. The maximum atomic E-state index is 11.9. The van der Waals surface area contributed by atoms with E-state index in [1.165, 1.54) is 30.3 Å². The molecule has 0 aliphatic carbocycles. The lowest BCUT2D eigenvalue weighted by Gasteiger charge is -2.06. The Morgan fingerprint density at radius 2 is 2.00 bits per heavy atom. The minimum Gasteiger partial charge on any atom is -0.494 e. The third-order valence-electron chi connectivity index (χ3n) is 3.17. The van der Waals surface area contributed by atoms with Gasteiger partial charge in [-0.3, -0.25) is 4.79 Å². The Hall–Kier alpha value is -1.59. The maximum Gasteiger partial charge on any atom is 0.197 e. The van der Waals surface area contributed by atoms with Gasteiger partial charge in [0.1, 0.15) is 5.75 Å². The fourth-order valence-electron chi connectivity index (χ4n) is 1.93. The molecular weight excluding hydrogens is 374 g/mol. The minimum absolute atomic E-state index is 0.0101. The quantitative estimate of drug-likeness (QED) is 0.328.